The van der Waals surface area contributed by atoms with E-state index < -0.39 is 0 Å². The van der Waals surface area contributed by atoms with Crippen LogP contribution in [0.5, 0.6) is 11.5 Å². The first kappa shape index (κ1) is 17.4. The SMILES string of the molecule is COc1ccc(CN2CC[C@H](CNC(=O)NC(C)C)C2)cc1O. The van der Waals surface area contributed by atoms with E-state index in [1.807, 2.05) is 19.9 Å². The van der Waals surface area contributed by atoms with Gasteiger partial charge in [-0.15, -0.1) is 0 Å². The lowest BCUT2D eigenvalue weighted by Gasteiger charge is -2.17. The summed E-state index contributed by atoms with van der Waals surface area (Å²) < 4.78 is 5.06. The highest BCUT2D eigenvalue weighted by Gasteiger charge is 2.23. The summed E-state index contributed by atoms with van der Waals surface area (Å²) in [5.74, 6) is 1.14. The molecule has 1 aliphatic rings. The molecule has 2 amide bonds. The molecule has 0 spiro atoms. The molecule has 6 nitrogen and oxygen atoms in total. The average Bonchev–Trinajstić information content (AvgIpc) is 2.92. The second kappa shape index (κ2) is 8.06. The Labute approximate surface area is 137 Å². The highest BCUT2D eigenvalue weighted by atomic mass is 16.5. The summed E-state index contributed by atoms with van der Waals surface area (Å²) in [6.07, 6.45) is 1.07. The van der Waals surface area contributed by atoms with Crippen molar-refractivity contribution in [3.63, 3.8) is 0 Å². The van der Waals surface area contributed by atoms with E-state index in [-0.39, 0.29) is 17.8 Å². The molecule has 1 aromatic rings. The zero-order valence-corrected chi connectivity index (χ0v) is 14.1. The van der Waals surface area contributed by atoms with Crippen LogP contribution in [0.1, 0.15) is 25.8 Å². The van der Waals surface area contributed by atoms with Crippen molar-refractivity contribution in [2.75, 3.05) is 26.7 Å². The summed E-state index contributed by atoms with van der Waals surface area (Å²) in [6, 6.07) is 5.56. The van der Waals surface area contributed by atoms with Crippen LogP contribution in [0.25, 0.3) is 0 Å². The number of nitrogens with zero attached hydrogens (tertiary/aromatic N) is 1. The van der Waals surface area contributed by atoms with Crippen LogP contribution in [0.15, 0.2) is 18.2 Å². The summed E-state index contributed by atoms with van der Waals surface area (Å²) in [6.45, 7) is 7.34. The molecule has 1 atom stereocenters. The van der Waals surface area contributed by atoms with Crippen LogP contribution in [0.2, 0.25) is 0 Å². The smallest absolute Gasteiger partial charge is 0.314 e. The molecule has 6 heteroatoms. The number of rotatable bonds is 6. The molecule has 1 aliphatic heterocycles. The van der Waals surface area contributed by atoms with Crippen LogP contribution in [-0.4, -0.2) is 48.8 Å². The van der Waals surface area contributed by atoms with E-state index in [4.69, 9.17) is 4.74 Å². The lowest BCUT2D eigenvalue weighted by Crippen LogP contribution is -2.41. The van der Waals surface area contributed by atoms with E-state index >= 15 is 0 Å². The van der Waals surface area contributed by atoms with E-state index in [1.54, 1.807) is 19.2 Å². The van der Waals surface area contributed by atoms with Crippen LogP contribution in [0.3, 0.4) is 0 Å². The fourth-order valence-corrected chi connectivity index (χ4v) is 2.87. The molecule has 0 unspecified atom stereocenters. The number of nitrogens with one attached hydrogen (secondary N) is 2. The van der Waals surface area contributed by atoms with Crippen molar-refractivity contribution in [3.05, 3.63) is 23.8 Å². The summed E-state index contributed by atoms with van der Waals surface area (Å²) in [5, 5.41) is 15.6. The van der Waals surface area contributed by atoms with Gasteiger partial charge in [0.2, 0.25) is 0 Å². The minimum atomic E-state index is -0.0986. The number of likely N-dealkylation sites (tertiary alicyclic amines) is 1. The van der Waals surface area contributed by atoms with Crippen molar-refractivity contribution in [2.24, 2.45) is 5.92 Å². The van der Waals surface area contributed by atoms with Gasteiger partial charge in [0, 0.05) is 25.7 Å². The first-order valence-corrected chi connectivity index (χ1v) is 8.10. The second-order valence-electron chi connectivity index (χ2n) is 6.41. The van der Waals surface area contributed by atoms with Gasteiger partial charge in [-0.2, -0.15) is 0 Å². The van der Waals surface area contributed by atoms with Crippen molar-refractivity contribution < 1.29 is 14.6 Å². The van der Waals surface area contributed by atoms with E-state index in [9.17, 15) is 9.90 Å². The molecule has 1 heterocycles. The summed E-state index contributed by atoms with van der Waals surface area (Å²) in [4.78, 5) is 13.9. The number of hydrogen-bond acceptors (Lipinski definition) is 4. The van der Waals surface area contributed by atoms with Gasteiger partial charge in [-0.1, -0.05) is 6.07 Å². The maximum Gasteiger partial charge on any atom is 0.314 e. The quantitative estimate of drug-likeness (QED) is 0.748. The van der Waals surface area contributed by atoms with Gasteiger partial charge >= 0.3 is 6.03 Å². The molecule has 0 saturated carbocycles. The normalized spacial score (nSPS) is 18.2. The maximum atomic E-state index is 11.6. The van der Waals surface area contributed by atoms with Gasteiger partial charge in [-0.05, 0) is 50.4 Å². The molecule has 0 bridgehead atoms. The zero-order chi connectivity index (χ0) is 16.8. The Bertz CT molecular complexity index is 534. The molecular weight excluding hydrogens is 294 g/mol. The fourth-order valence-electron chi connectivity index (χ4n) is 2.87. The number of phenolic OH excluding ortho intramolecular Hbond substituents is 1. The summed E-state index contributed by atoms with van der Waals surface area (Å²) in [5.41, 5.74) is 1.06. The van der Waals surface area contributed by atoms with Crippen LogP contribution in [-0.2, 0) is 6.54 Å². The number of urea groups is 1. The average molecular weight is 321 g/mol. The standard InChI is InChI=1S/C17H27N3O3/c1-12(2)19-17(22)18-9-14-6-7-20(11-14)10-13-4-5-16(23-3)15(21)8-13/h4-5,8,12,14,21H,6-7,9-11H2,1-3H3,(H2,18,19,22)/t14-/m1/s1. The number of aromatic hydroxyl groups is 1. The van der Waals surface area contributed by atoms with E-state index in [0.29, 0.717) is 18.2 Å². The van der Waals surface area contributed by atoms with Crippen molar-refractivity contribution in [1.82, 2.24) is 15.5 Å². The third-order valence-electron chi connectivity index (χ3n) is 3.99. The number of carbonyl (C=O) groups is 1. The molecule has 0 radical (unpaired) electrons. The second-order valence-corrected chi connectivity index (χ2v) is 6.41. The number of ether oxygens (including phenoxy) is 1. The molecule has 2 rings (SSSR count). The van der Waals surface area contributed by atoms with Crippen LogP contribution >= 0.6 is 0 Å². The first-order chi connectivity index (χ1) is 11.0. The Morgan fingerprint density at radius 1 is 1.48 bits per heavy atom. The number of benzene rings is 1. The van der Waals surface area contributed by atoms with Gasteiger partial charge in [-0.3, -0.25) is 4.90 Å². The zero-order valence-electron chi connectivity index (χ0n) is 14.1. The van der Waals surface area contributed by atoms with Crippen LogP contribution < -0.4 is 15.4 Å². The van der Waals surface area contributed by atoms with Crippen molar-refractivity contribution in [3.8, 4) is 11.5 Å². The fraction of sp³-hybridized carbons (Fsp3) is 0.588. The van der Waals surface area contributed by atoms with Crippen LogP contribution in [0.4, 0.5) is 4.79 Å². The molecule has 23 heavy (non-hydrogen) atoms. The first-order valence-electron chi connectivity index (χ1n) is 8.10. The number of amides is 2. The van der Waals surface area contributed by atoms with Crippen LogP contribution in [0, 0.1) is 5.92 Å². The Balaban J connectivity index is 1.77. The van der Waals surface area contributed by atoms with Gasteiger partial charge in [0.05, 0.1) is 7.11 Å². The highest BCUT2D eigenvalue weighted by Crippen LogP contribution is 2.27. The molecule has 3 N–H and O–H groups in total. The topological polar surface area (TPSA) is 73.8 Å². The lowest BCUT2D eigenvalue weighted by atomic mass is 10.1. The number of phenols is 1. The predicted octanol–water partition coefficient (Wildman–Crippen LogP) is 1.93. The highest BCUT2D eigenvalue weighted by molar-refractivity contribution is 5.74. The minimum Gasteiger partial charge on any atom is -0.504 e. The molecule has 0 aromatic heterocycles. The minimum absolute atomic E-state index is 0.0986. The Morgan fingerprint density at radius 2 is 2.26 bits per heavy atom. The summed E-state index contributed by atoms with van der Waals surface area (Å²) in [7, 11) is 1.54. The van der Waals surface area contributed by atoms with Crippen molar-refractivity contribution in [2.45, 2.75) is 32.9 Å². The maximum absolute atomic E-state index is 11.6. The van der Waals surface area contributed by atoms with Crippen molar-refractivity contribution in [1.29, 1.82) is 0 Å². The number of hydrogen-bond donors (Lipinski definition) is 3. The number of methoxy groups -OCH3 is 1. The van der Waals surface area contributed by atoms with Gasteiger partial charge in [-0.25, -0.2) is 4.79 Å². The molecule has 0 aliphatic carbocycles. The number of carbonyl (C=O) groups excluding carboxylic acids is 1. The summed E-state index contributed by atoms with van der Waals surface area (Å²) >= 11 is 0. The Morgan fingerprint density at radius 3 is 2.91 bits per heavy atom. The predicted molar refractivity (Wildman–Crippen MR) is 89.7 cm³/mol. The largest absolute Gasteiger partial charge is 0.504 e. The monoisotopic (exact) mass is 321 g/mol. The van der Waals surface area contributed by atoms with E-state index in [0.717, 1.165) is 31.6 Å². The van der Waals surface area contributed by atoms with Gasteiger partial charge < -0.3 is 20.5 Å². The van der Waals surface area contributed by atoms with Gasteiger partial charge in [0.15, 0.2) is 11.5 Å². The lowest BCUT2D eigenvalue weighted by molar-refractivity contribution is 0.236. The van der Waals surface area contributed by atoms with Crippen molar-refractivity contribution >= 4 is 6.03 Å². The molecular formula is C17H27N3O3. The molecule has 1 fully saturated rings. The Kier molecular flexibility index (Phi) is 6.10. The third-order valence-corrected chi connectivity index (χ3v) is 3.99. The Hall–Kier alpha value is -1.95. The van der Waals surface area contributed by atoms with E-state index in [1.165, 1.54) is 0 Å². The van der Waals surface area contributed by atoms with Gasteiger partial charge in [0.25, 0.3) is 0 Å². The van der Waals surface area contributed by atoms with E-state index in [2.05, 4.69) is 15.5 Å². The molecule has 128 valence electrons. The van der Waals surface area contributed by atoms with Gasteiger partial charge in [0.1, 0.15) is 0 Å². The molecule has 1 saturated heterocycles. The molecule has 1 aromatic carbocycles. The third kappa shape index (κ3) is 5.32.